The molecule has 57 heavy (non-hydrogen) atoms. The van der Waals surface area contributed by atoms with Gasteiger partial charge in [0.05, 0.1) is 45.2 Å². The van der Waals surface area contributed by atoms with Crippen molar-refractivity contribution in [1.29, 1.82) is 0 Å². The number of hydrogen-bond donors (Lipinski definition) is 2. The summed E-state index contributed by atoms with van der Waals surface area (Å²) in [6.07, 6.45) is 5.42. The Morgan fingerprint density at radius 1 is 0.860 bits per heavy atom. The van der Waals surface area contributed by atoms with Gasteiger partial charge < -0.3 is 34.0 Å². The maximum Gasteiger partial charge on any atom is 0.339 e. The van der Waals surface area contributed by atoms with Crippen molar-refractivity contribution in [1.82, 2.24) is 15.3 Å². The summed E-state index contributed by atoms with van der Waals surface area (Å²) in [5.41, 5.74) is 7.44. The van der Waals surface area contributed by atoms with Gasteiger partial charge in [-0.25, -0.2) is 9.78 Å². The average molecular weight is 768 g/mol. The van der Waals surface area contributed by atoms with Gasteiger partial charge in [-0.3, -0.25) is 4.79 Å². The summed E-state index contributed by atoms with van der Waals surface area (Å²) in [5.74, 6) is 1.37. The number of allylic oxidation sites excluding steroid dienone is 1. The molecule has 0 fully saturated rings. The Kier molecular flexibility index (Phi) is 11.2. The number of carbonyl (C=O) groups is 2. The van der Waals surface area contributed by atoms with Gasteiger partial charge in [0.15, 0.2) is 18.1 Å². The summed E-state index contributed by atoms with van der Waals surface area (Å²) in [5, 5.41) is 4.80. The predicted molar refractivity (Wildman–Crippen MR) is 223 cm³/mol. The molecule has 2 aromatic heterocycles. The van der Waals surface area contributed by atoms with Crippen molar-refractivity contribution in [3.63, 3.8) is 0 Å². The zero-order valence-corrected chi connectivity index (χ0v) is 33.5. The van der Waals surface area contributed by atoms with E-state index < -0.39 is 18.5 Å². The number of pyridine rings is 1. The van der Waals surface area contributed by atoms with Crippen LogP contribution in [0.1, 0.15) is 71.4 Å². The molecule has 7 rings (SSSR count). The smallest absolute Gasteiger partial charge is 0.339 e. The van der Waals surface area contributed by atoms with Crippen LogP contribution in [0.5, 0.6) is 23.0 Å². The second kappa shape index (κ2) is 16.4. The molecule has 6 aromatic rings. The van der Waals surface area contributed by atoms with E-state index in [1.54, 1.807) is 28.4 Å². The fourth-order valence-electron chi connectivity index (χ4n) is 7.85. The molecular weight excluding hydrogens is 719 g/mol. The number of amides is 1. The van der Waals surface area contributed by atoms with Crippen LogP contribution in [0.4, 0.5) is 0 Å². The lowest BCUT2D eigenvalue weighted by atomic mass is 9.69. The largest absolute Gasteiger partial charge is 0.497 e. The van der Waals surface area contributed by atoms with E-state index in [1.807, 2.05) is 85.1 Å². The third-order valence-corrected chi connectivity index (χ3v) is 11.0. The minimum Gasteiger partial charge on any atom is -0.497 e. The second-order valence-electron chi connectivity index (χ2n) is 15.4. The number of rotatable bonds is 12. The van der Waals surface area contributed by atoms with Gasteiger partial charge in [-0.15, -0.1) is 0 Å². The van der Waals surface area contributed by atoms with Crippen LogP contribution in [-0.2, 0) is 16.0 Å². The van der Waals surface area contributed by atoms with Crippen molar-refractivity contribution in [2.24, 2.45) is 11.3 Å². The lowest BCUT2D eigenvalue weighted by molar-refractivity contribution is -0.124. The molecule has 2 unspecified atom stereocenters. The lowest BCUT2D eigenvalue weighted by Crippen LogP contribution is -2.33. The Bertz CT molecular complexity index is 2440. The number of methoxy groups -OCH3 is 4. The number of hydrogen-bond acceptors (Lipinski definition) is 8. The highest BCUT2D eigenvalue weighted by molar-refractivity contribution is 6.07. The molecule has 0 bridgehead atoms. The van der Waals surface area contributed by atoms with E-state index in [2.05, 4.69) is 43.2 Å². The van der Waals surface area contributed by atoms with E-state index in [-0.39, 0.29) is 17.3 Å². The first-order valence-corrected chi connectivity index (χ1v) is 19.1. The summed E-state index contributed by atoms with van der Waals surface area (Å²) in [6.45, 7) is 6.49. The summed E-state index contributed by atoms with van der Waals surface area (Å²) in [7, 11) is 6.39. The van der Waals surface area contributed by atoms with Crippen molar-refractivity contribution >= 4 is 45.3 Å². The summed E-state index contributed by atoms with van der Waals surface area (Å²) < 4.78 is 28.2. The van der Waals surface area contributed by atoms with Gasteiger partial charge in [-0.05, 0) is 94.5 Å². The lowest BCUT2D eigenvalue weighted by Gasteiger charge is -2.36. The number of aromatic nitrogens is 2. The maximum atomic E-state index is 14.3. The van der Waals surface area contributed by atoms with Crippen LogP contribution in [0.2, 0.25) is 0 Å². The topological polar surface area (TPSA) is 121 Å². The highest BCUT2D eigenvalue weighted by Crippen LogP contribution is 2.46. The maximum absolute atomic E-state index is 14.3. The molecule has 1 aliphatic rings. The number of ether oxygens (including phenoxy) is 5. The average Bonchev–Trinajstić information content (AvgIpc) is 3.65. The third kappa shape index (κ3) is 8.03. The zero-order valence-electron chi connectivity index (χ0n) is 33.5. The van der Waals surface area contributed by atoms with Crippen LogP contribution >= 0.6 is 0 Å². The predicted octanol–water partition coefficient (Wildman–Crippen LogP) is 9.00. The summed E-state index contributed by atoms with van der Waals surface area (Å²) in [4.78, 5) is 36.4. The first kappa shape index (κ1) is 39.0. The molecule has 0 spiro atoms. The second-order valence-corrected chi connectivity index (χ2v) is 15.4. The van der Waals surface area contributed by atoms with Gasteiger partial charge in [0.1, 0.15) is 5.75 Å². The van der Waals surface area contributed by atoms with Crippen LogP contribution in [-0.4, -0.2) is 63.4 Å². The van der Waals surface area contributed by atoms with Crippen LogP contribution < -0.4 is 24.3 Å². The van der Waals surface area contributed by atoms with Gasteiger partial charge in [-0.2, -0.15) is 0 Å². The molecule has 10 nitrogen and oxygen atoms in total. The van der Waals surface area contributed by atoms with Gasteiger partial charge in [0.25, 0.3) is 5.91 Å². The molecule has 4 aromatic carbocycles. The molecule has 0 saturated heterocycles. The van der Waals surface area contributed by atoms with E-state index >= 15 is 0 Å². The first-order valence-electron chi connectivity index (χ1n) is 19.1. The standard InChI is InChI=1S/C47H49N3O7/c1-47(2,3)31-23-30(20-28-21-40(54-5)45(56-7)41(22-28)55-6)44-35(24-31)43(34-13-9-11-15-39(34)50-44)46(52)57-27-42(51)49-25-36(29-16-18-32(53-4)19-17-29)37-26-48-38-14-10-8-12-33(37)38/h8-22,26,31,36,48H,23-25,27H2,1-7H3,(H,49,51)/b30-20-. The van der Waals surface area contributed by atoms with Crippen LogP contribution in [0.25, 0.3) is 33.5 Å². The van der Waals surface area contributed by atoms with Crippen molar-refractivity contribution < 1.29 is 33.3 Å². The Morgan fingerprint density at radius 3 is 2.21 bits per heavy atom. The number of esters is 1. The number of fused-ring (bicyclic) bond motifs is 3. The zero-order chi connectivity index (χ0) is 40.3. The number of nitrogens with one attached hydrogen (secondary N) is 2. The number of benzene rings is 4. The normalized spacial score (nSPS) is 15.2. The number of nitrogens with zero attached hydrogens (tertiary/aromatic N) is 1. The minimum absolute atomic E-state index is 0.0933. The van der Waals surface area contributed by atoms with Crippen molar-refractivity contribution in [3.05, 3.63) is 125 Å². The SMILES string of the molecule is COc1ccc(C(CNC(=O)COC(=O)c2c3c(nc4ccccc24)/C(=C\c2cc(OC)c(OC)c(OC)c2)CC(C(C)(C)C)C3)c2c[nH]c3ccccc23)cc1. The van der Waals surface area contributed by atoms with E-state index in [1.165, 1.54) is 0 Å². The molecule has 294 valence electrons. The molecule has 2 atom stereocenters. The summed E-state index contributed by atoms with van der Waals surface area (Å²) >= 11 is 0. The fraction of sp³-hybridized carbons (Fsp3) is 0.298. The fourth-order valence-corrected chi connectivity index (χ4v) is 7.85. The third-order valence-electron chi connectivity index (χ3n) is 11.0. The Labute approximate surface area is 333 Å². The number of para-hydroxylation sites is 2. The molecule has 1 aliphatic carbocycles. The quantitative estimate of drug-likeness (QED) is 0.118. The number of aromatic amines is 1. The molecule has 0 saturated carbocycles. The van der Waals surface area contributed by atoms with E-state index in [0.29, 0.717) is 46.7 Å². The molecule has 0 aliphatic heterocycles. The monoisotopic (exact) mass is 767 g/mol. The molecule has 2 N–H and O–H groups in total. The molecule has 1 amide bonds. The Morgan fingerprint density at radius 2 is 1.54 bits per heavy atom. The van der Waals surface area contributed by atoms with Crippen molar-refractivity contribution in [2.45, 2.75) is 39.5 Å². The van der Waals surface area contributed by atoms with E-state index in [9.17, 15) is 9.59 Å². The van der Waals surface area contributed by atoms with Gasteiger partial charge in [-0.1, -0.05) is 69.3 Å². The van der Waals surface area contributed by atoms with Crippen molar-refractivity contribution in [2.75, 3.05) is 41.6 Å². The summed E-state index contributed by atoms with van der Waals surface area (Å²) in [6, 6.07) is 27.3. The minimum atomic E-state index is -0.565. The van der Waals surface area contributed by atoms with Gasteiger partial charge in [0.2, 0.25) is 5.75 Å². The van der Waals surface area contributed by atoms with Crippen molar-refractivity contribution in [3.8, 4) is 23.0 Å². The highest BCUT2D eigenvalue weighted by atomic mass is 16.5. The number of H-pyrrole nitrogens is 1. The van der Waals surface area contributed by atoms with Gasteiger partial charge >= 0.3 is 5.97 Å². The molecular formula is C47H49N3O7. The first-order chi connectivity index (χ1) is 27.5. The Balaban J connectivity index is 1.19. The highest BCUT2D eigenvalue weighted by Gasteiger charge is 2.36. The Hall–Kier alpha value is -6.29. The van der Waals surface area contributed by atoms with Crippen LogP contribution in [0.3, 0.4) is 0 Å². The number of carbonyl (C=O) groups excluding carboxylic acids is 2. The van der Waals surface area contributed by atoms with Crippen LogP contribution in [0, 0.1) is 11.3 Å². The molecule has 2 heterocycles. The molecule has 10 heteroatoms. The molecule has 0 radical (unpaired) electrons. The van der Waals surface area contributed by atoms with Gasteiger partial charge in [0, 0.05) is 34.9 Å². The van der Waals surface area contributed by atoms with E-state index in [0.717, 1.165) is 56.6 Å². The van der Waals surface area contributed by atoms with Crippen LogP contribution in [0.15, 0.2) is 91.1 Å². The van der Waals surface area contributed by atoms with E-state index in [4.69, 9.17) is 28.7 Å².